The molecule has 4 rings (SSSR count). The molecule has 1 fully saturated rings. The molecular formula is C24H26N4O4. The van der Waals surface area contributed by atoms with Gasteiger partial charge < -0.3 is 15.4 Å². The Bertz CT molecular complexity index is 1200. The van der Waals surface area contributed by atoms with Crippen molar-refractivity contribution < 1.29 is 14.3 Å². The van der Waals surface area contributed by atoms with Crippen LogP contribution in [0.1, 0.15) is 47.8 Å². The van der Waals surface area contributed by atoms with Gasteiger partial charge in [-0.1, -0.05) is 43.2 Å². The van der Waals surface area contributed by atoms with E-state index in [-0.39, 0.29) is 24.2 Å². The quantitative estimate of drug-likeness (QED) is 0.664. The summed E-state index contributed by atoms with van der Waals surface area (Å²) in [5.41, 5.74) is 6.08. The smallest absolute Gasteiger partial charge is 0.275 e. The molecule has 1 saturated heterocycles. The van der Waals surface area contributed by atoms with Gasteiger partial charge in [0.15, 0.2) is 5.69 Å². The molecule has 1 aliphatic rings. The number of nitrogens with two attached hydrogens (primary N) is 1. The largest absolute Gasteiger partial charge is 0.497 e. The molecule has 0 spiro atoms. The molecule has 0 aliphatic carbocycles. The van der Waals surface area contributed by atoms with Gasteiger partial charge in [0.2, 0.25) is 5.91 Å². The molecule has 2 aromatic carbocycles. The average Bonchev–Trinajstić information content (AvgIpc) is 3.07. The zero-order valence-electron chi connectivity index (χ0n) is 18.0. The number of benzene rings is 2. The molecule has 1 atom stereocenters. The highest BCUT2D eigenvalue weighted by atomic mass is 16.5. The summed E-state index contributed by atoms with van der Waals surface area (Å²) in [6, 6.07) is 14.3. The van der Waals surface area contributed by atoms with Gasteiger partial charge in [0.05, 0.1) is 18.5 Å². The van der Waals surface area contributed by atoms with E-state index in [1.54, 1.807) is 31.4 Å². The number of fused-ring (bicyclic) bond motifs is 1. The fraction of sp³-hybridized carbons (Fsp3) is 0.333. The van der Waals surface area contributed by atoms with Crippen LogP contribution >= 0.6 is 0 Å². The lowest BCUT2D eigenvalue weighted by Gasteiger charge is -2.30. The minimum absolute atomic E-state index is 0.0180. The molecule has 3 aromatic rings. The number of carbonyl (C=O) groups is 2. The molecule has 0 unspecified atom stereocenters. The summed E-state index contributed by atoms with van der Waals surface area (Å²) in [5.74, 6) is -0.201. The average molecular weight is 434 g/mol. The number of likely N-dealkylation sites (tertiary alicyclic amines) is 1. The first-order valence-corrected chi connectivity index (χ1v) is 10.7. The van der Waals surface area contributed by atoms with Gasteiger partial charge in [-0.05, 0) is 36.6 Å². The van der Waals surface area contributed by atoms with Crippen LogP contribution in [0, 0.1) is 0 Å². The zero-order valence-corrected chi connectivity index (χ0v) is 18.0. The number of carbonyl (C=O) groups excluding carboxylic acids is 2. The maximum atomic E-state index is 13.4. The molecule has 166 valence electrons. The molecule has 0 bridgehead atoms. The highest BCUT2D eigenvalue weighted by Gasteiger charge is 2.28. The van der Waals surface area contributed by atoms with Crippen LogP contribution in [0.4, 0.5) is 0 Å². The van der Waals surface area contributed by atoms with Crippen molar-refractivity contribution in [3.63, 3.8) is 0 Å². The van der Waals surface area contributed by atoms with Crippen LogP contribution in [0.5, 0.6) is 5.75 Å². The van der Waals surface area contributed by atoms with Crippen LogP contribution in [0.2, 0.25) is 0 Å². The molecule has 0 radical (unpaired) electrons. The fourth-order valence-electron chi connectivity index (χ4n) is 4.32. The minimum Gasteiger partial charge on any atom is -0.497 e. The SMILES string of the molecule is COc1ccc([C@H]2CCCCCN2C(=O)Cn2nc(C(N)=O)c3ccccc3c2=O)cc1. The lowest BCUT2D eigenvalue weighted by atomic mass is 10.0. The monoisotopic (exact) mass is 434 g/mol. The van der Waals surface area contributed by atoms with Gasteiger partial charge >= 0.3 is 0 Å². The number of methoxy groups -OCH3 is 1. The van der Waals surface area contributed by atoms with Crippen LogP contribution in [-0.4, -0.2) is 40.1 Å². The Labute approximate surface area is 185 Å². The summed E-state index contributed by atoms with van der Waals surface area (Å²) in [4.78, 5) is 40.1. The lowest BCUT2D eigenvalue weighted by Crippen LogP contribution is -2.40. The summed E-state index contributed by atoms with van der Waals surface area (Å²) in [6.07, 6.45) is 3.78. The van der Waals surface area contributed by atoms with E-state index in [9.17, 15) is 14.4 Å². The normalized spacial score (nSPS) is 16.5. The molecule has 1 aliphatic heterocycles. The third-order valence-electron chi connectivity index (χ3n) is 5.96. The Balaban J connectivity index is 1.68. The van der Waals surface area contributed by atoms with E-state index in [1.807, 2.05) is 29.2 Å². The third-order valence-corrected chi connectivity index (χ3v) is 5.96. The summed E-state index contributed by atoms with van der Waals surface area (Å²) < 4.78 is 6.30. The van der Waals surface area contributed by atoms with Crippen molar-refractivity contribution in [1.29, 1.82) is 0 Å². The van der Waals surface area contributed by atoms with E-state index in [0.717, 1.165) is 41.7 Å². The van der Waals surface area contributed by atoms with Gasteiger partial charge in [-0.25, -0.2) is 4.68 Å². The van der Waals surface area contributed by atoms with Crippen LogP contribution in [-0.2, 0) is 11.3 Å². The second-order valence-electron chi connectivity index (χ2n) is 7.95. The maximum Gasteiger partial charge on any atom is 0.275 e. The Morgan fingerprint density at radius 2 is 1.78 bits per heavy atom. The molecule has 1 aromatic heterocycles. The van der Waals surface area contributed by atoms with Gasteiger partial charge in [-0.2, -0.15) is 5.10 Å². The van der Waals surface area contributed by atoms with Crippen LogP contribution in [0.3, 0.4) is 0 Å². The summed E-state index contributed by atoms with van der Waals surface area (Å²) >= 11 is 0. The Morgan fingerprint density at radius 1 is 1.06 bits per heavy atom. The van der Waals surface area contributed by atoms with Crippen molar-refractivity contribution in [2.24, 2.45) is 5.73 Å². The number of hydrogen-bond donors (Lipinski definition) is 1. The van der Waals surface area contributed by atoms with E-state index in [4.69, 9.17) is 10.5 Å². The molecule has 8 nitrogen and oxygen atoms in total. The lowest BCUT2D eigenvalue weighted by molar-refractivity contribution is -0.134. The Hall–Kier alpha value is -3.68. The zero-order chi connectivity index (χ0) is 22.7. The van der Waals surface area contributed by atoms with E-state index in [1.165, 1.54) is 0 Å². The number of aromatic nitrogens is 2. The van der Waals surface area contributed by atoms with Gasteiger partial charge in [0, 0.05) is 11.9 Å². The summed E-state index contributed by atoms with van der Waals surface area (Å²) in [5, 5.41) is 4.84. The van der Waals surface area contributed by atoms with Crippen LogP contribution in [0.25, 0.3) is 10.8 Å². The van der Waals surface area contributed by atoms with Gasteiger partial charge in [0.1, 0.15) is 12.3 Å². The minimum atomic E-state index is -0.742. The number of ether oxygens (including phenoxy) is 1. The summed E-state index contributed by atoms with van der Waals surface area (Å²) in [7, 11) is 1.62. The maximum absolute atomic E-state index is 13.4. The molecule has 8 heteroatoms. The number of amides is 2. The molecular weight excluding hydrogens is 408 g/mol. The van der Waals surface area contributed by atoms with Crippen molar-refractivity contribution >= 4 is 22.6 Å². The second kappa shape index (κ2) is 9.21. The molecule has 0 saturated carbocycles. The van der Waals surface area contributed by atoms with E-state index in [2.05, 4.69) is 5.10 Å². The first-order chi connectivity index (χ1) is 15.5. The number of primary amides is 1. The predicted octanol–water partition coefficient (Wildman–Crippen LogP) is 2.65. The first kappa shape index (κ1) is 21.5. The number of hydrogen-bond acceptors (Lipinski definition) is 5. The van der Waals surface area contributed by atoms with Gasteiger partial charge in [-0.15, -0.1) is 0 Å². The summed E-state index contributed by atoms with van der Waals surface area (Å²) in [6.45, 7) is 0.344. The molecule has 2 N–H and O–H groups in total. The molecule has 2 amide bonds. The van der Waals surface area contributed by atoms with Crippen LogP contribution < -0.4 is 16.0 Å². The highest BCUT2D eigenvalue weighted by Crippen LogP contribution is 2.31. The number of nitrogens with zero attached hydrogens (tertiary/aromatic N) is 3. The molecule has 2 heterocycles. The number of rotatable bonds is 5. The van der Waals surface area contributed by atoms with E-state index < -0.39 is 11.5 Å². The fourth-order valence-corrected chi connectivity index (χ4v) is 4.32. The predicted molar refractivity (Wildman–Crippen MR) is 120 cm³/mol. The van der Waals surface area contributed by atoms with Crippen LogP contribution in [0.15, 0.2) is 53.3 Å². The highest BCUT2D eigenvalue weighted by molar-refractivity contribution is 6.04. The third kappa shape index (κ3) is 4.21. The Morgan fingerprint density at radius 3 is 2.47 bits per heavy atom. The van der Waals surface area contributed by atoms with E-state index >= 15 is 0 Å². The standard InChI is InChI=1S/C24H26N4O4/c1-32-17-12-10-16(11-13-17)20-9-3-2-6-14-27(20)21(29)15-28-24(31)19-8-5-4-7-18(19)22(26-28)23(25)30/h4-5,7-8,10-13,20H,2-3,6,9,14-15H2,1H3,(H2,25,30)/t20-/m1/s1. The van der Waals surface area contributed by atoms with Crippen molar-refractivity contribution in [3.05, 3.63) is 70.1 Å². The van der Waals surface area contributed by atoms with Gasteiger partial charge in [-0.3, -0.25) is 14.4 Å². The van der Waals surface area contributed by atoms with Crippen molar-refractivity contribution in [3.8, 4) is 5.75 Å². The van der Waals surface area contributed by atoms with Crippen molar-refractivity contribution in [1.82, 2.24) is 14.7 Å². The Kier molecular flexibility index (Phi) is 6.20. The van der Waals surface area contributed by atoms with Crippen molar-refractivity contribution in [2.75, 3.05) is 13.7 Å². The van der Waals surface area contributed by atoms with Gasteiger partial charge in [0.25, 0.3) is 11.5 Å². The van der Waals surface area contributed by atoms with Crippen molar-refractivity contribution in [2.45, 2.75) is 38.3 Å². The second-order valence-corrected chi connectivity index (χ2v) is 7.95. The molecule has 32 heavy (non-hydrogen) atoms. The van der Waals surface area contributed by atoms with E-state index in [0.29, 0.717) is 17.3 Å². The first-order valence-electron chi connectivity index (χ1n) is 10.7. The topological polar surface area (TPSA) is 108 Å².